The normalized spacial score (nSPS) is 20.8. The molecule has 190 valence electrons. The maximum absolute atomic E-state index is 13.6. The molecule has 0 unspecified atom stereocenters. The van der Waals surface area contributed by atoms with Crippen LogP contribution in [0.1, 0.15) is 45.2 Å². The first-order valence-corrected chi connectivity index (χ1v) is 13.7. The number of hydrogen-bond donors (Lipinski definition) is 1. The Morgan fingerprint density at radius 3 is 2.54 bits per heavy atom. The smallest absolute Gasteiger partial charge is 0.247 e. The Labute approximate surface area is 211 Å². The largest absolute Gasteiger partial charge is 0.487 e. The first-order chi connectivity index (χ1) is 16.6. The summed E-state index contributed by atoms with van der Waals surface area (Å²) in [5.41, 5.74) is 1.93. The minimum Gasteiger partial charge on any atom is -0.487 e. The number of aliphatic hydroxyl groups is 1. The van der Waals surface area contributed by atoms with Crippen LogP contribution in [0.15, 0.2) is 53.4 Å². The Hall–Kier alpha value is -2.37. The lowest BCUT2D eigenvalue weighted by Crippen LogP contribution is -2.49. The zero-order valence-electron chi connectivity index (χ0n) is 21.4. The molecular weight excluding hydrogens is 460 g/mol. The minimum absolute atomic E-state index is 0.0965. The summed E-state index contributed by atoms with van der Waals surface area (Å²) in [6.45, 7) is 9.36. The lowest BCUT2D eigenvalue weighted by atomic mass is 10.0. The van der Waals surface area contributed by atoms with Gasteiger partial charge in [0.1, 0.15) is 16.7 Å². The number of sulfonamides is 1. The molecule has 1 aliphatic heterocycles. The van der Waals surface area contributed by atoms with E-state index in [0.717, 1.165) is 18.5 Å². The number of fused-ring (bicyclic) bond motifs is 1. The van der Waals surface area contributed by atoms with Crippen LogP contribution in [0.3, 0.4) is 0 Å². The van der Waals surface area contributed by atoms with Crippen molar-refractivity contribution in [2.75, 3.05) is 26.7 Å². The van der Waals surface area contributed by atoms with Crippen molar-refractivity contribution in [3.05, 3.63) is 59.7 Å². The second kappa shape index (κ2) is 12.0. The van der Waals surface area contributed by atoms with E-state index >= 15 is 0 Å². The Morgan fingerprint density at radius 2 is 1.89 bits per heavy atom. The quantitative estimate of drug-likeness (QED) is 0.585. The summed E-state index contributed by atoms with van der Waals surface area (Å²) in [7, 11) is -1.81. The topological polar surface area (TPSA) is 70.1 Å². The monoisotopic (exact) mass is 498 g/mol. The molecule has 35 heavy (non-hydrogen) atoms. The maximum atomic E-state index is 13.6. The van der Waals surface area contributed by atoms with Gasteiger partial charge in [-0.2, -0.15) is 4.31 Å². The Kier molecular flexibility index (Phi) is 9.37. The zero-order valence-corrected chi connectivity index (χ0v) is 22.3. The summed E-state index contributed by atoms with van der Waals surface area (Å²) >= 11 is 0. The van der Waals surface area contributed by atoms with E-state index in [1.807, 2.05) is 32.2 Å². The number of benzene rings is 2. The molecule has 0 spiro atoms. The Balaban J connectivity index is 1.97. The van der Waals surface area contributed by atoms with Crippen molar-refractivity contribution in [2.45, 2.75) is 57.7 Å². The number of ether oxygens (including phenoxy) is 1. The number of hydrogen-bond acceptors (Lipinski definition) is 5. The molecular formula is C28H38N2O4S. The molecule has 0 saturated heterocycles. The molecule has 0 fully saturated rings. The van der Waals surface area contributed by atoms with E-state index in [1.165, 1.54) is 9.87 Å². The molecule has 2 aromatic rings. The van der Waals surface area contributed by atoms with Crippen LogP contribution in [0, 0.1) is 23.7 Å². The highest BCUT2D eigenvalue weighted by atomic mass is 32.2. The van der Waals surface area contributed by atoms with Gasteiger partial charge in [-0.1, -0.05) is 62.9 Å². The summed E-state index contributed by atoms with van der Waals surface area (Å²) in [5, 5.41) is 9.81. The number of aliphatic hydroxyl groups excluding tert-OH is 1. The molecule has 3 rings (SSSR count). The maximum Gasteiger partial charge on any atom is 0.247 e. The van der Waals surface area contributed by atoms with Crippen LogP contribution >= 0.6 is 0 Å². The van der Waals surface area contributed by atoms with E-state index in [0.29, 0.717) is 18.2 Å². The molecule has 1 N–H and O–H groups in total. The van der Waals surface area contributed by atoms with E-state index in [1.54, 1.807) is 25.1 Å². The van der Waals surface area contributed by atoms with Gasteiger partial charge in [0.2, 0.25) is 10.0 Å². The van der Waals surface area contributed by atoms with Crippen LogP contribution in [0.4, 0.5) is 0 Å². The van der Waals surface area contributed by atoms with Crippen LogP contribution in [0.25, 0.3) is 0 Å². The van der Waals surface area contributed by atoms with Crippen molar-refractivity contribution in [3.8, 4) is 17.6 Å². The number of nitrogens with zero attached hydrogens (tertiary/aromatic N) is 2. The summed E-state index contributed by atoms with van der Waals surface area (Å²) in [6, 6.07) is 14.7. The van der Waals surface area contributed by atoms with Gasteiger partial charge in [0.15, 0.2) is 0 Å². The van der Waals surface area contributed by atoms with Gasteiger partial charge < -0.3 is 9.84 Å². The van der Waals surface area contributed by atoms with Gasteiger partial charge in [-0.3, -0.25) is 4.90 Å². The molecule has 0 radical (unpaired) electrons. The SMILES string of the molecule is CC(C)CC#Cc1ccc2c(c1)O[C@@H](CN(C)Cc1ccccc1)[C@@H](C)CN([C@H](C)CO)S2(=O)=O. The van der Waals surface area contributed by atoms with Crippen LogP contribution in [-0.2, 0) is 16.6 Å². The third-order valence-corrected chi connectivity index (χ3v) is 8.22. The number of likely N-dealkylation sites (N-methyl/N-ethyl adjacent to an activating group) is 1. The van der Waals surface area contributed by atoms with Crippen molar-refractivity contribution in [3.63, 3.8) is 0 Å². The highest BCUT2D eigenvalue weighted by molar-refractivity contribution is 7.89. The van der Waals surface area contributed by atoms with Crippen molar-refractivity contribution in [1.82, 2.24) is 9.21 Å². The molecule has 6 nitrogen and oxygen atoms in total. The van der Waals surface area contributed by atoms with Gasteiger partial charge in [-0.15, -0.1) is 0 Å². The average molecular weight is 499 g/mol. The van der Waals surface area contributed by atoms with E-state index in [-0.39, 0.29) is 30.1 Å². The summed E-state index contributed by atoms with van der Waals surface area (Å²) in [6.07, 6.45) is 0.521. The van der Waals surface area contributed by atoms with E-state index in [2.05, 4.69) is 42.7 Å². The van der Waals surface area contributed by atoms with E-state index in [9.17, 15) is 13.5 Å². The summed E-state index contributed by atoms with van der Waals surface area (Å²) in [5.74, 6) is 7.00. The van der Waals surface area contributed by atoms with Crippen LogP contribution in [-0.4, -0.2) is 61.6 Å². The summed E-state index contributed by atoms with van der Waals surface area (Å²) < 4.78 is 35.0. The molecule has 0 saturated carbocycles. The lowest BCUT2D eigenvalue weighted by molar-refractivity contribution is 0.0733. The second-order valence-corrected chi connectivity index (χ2v) is 11.8. The summed E-state index contributed by atoms with van der Waals surface area (Å²) in [4.78, 5) is 2.31. The van der Waals surface area contributed by atoms with E-state index in [4.69, 9.17) is 4.74 Å². The van der Waals surface area contributed by atoms with Gasteiger partial charge in [0, 0.05) is 43.6 Å². The van der Waals surface area contributed by atoms with Gasteiger partial charge in [-0.25, -0.2) is 8.42 Å². The highest BCUT2D eigenvalue weighted by Gasteiger charge is 2.38. The lowest BCUT2D eigenvalue weighted by Gasteiger charge is -2.37. The molecule has 0 aromatic heterocycles. The van der Waals surface area contributed by atoms with Crippen LogP contribution in [0.5, 0.6) is 5.75 Å². The van der Waals surface area contributed by atoms with Crippen molar-refractivity contribution in [1.29, 1.82) is 0 Å². The predicted molar refractivity (Wildman–Crippen MR) is 140 cm³/mol. The third-order valence-electron chi connectivity index (χ3n) is 6.20. The fraction of sp³-hybridized carbons (Fsp3) is 0.500. The molecule has 7 heteroatoms. The molecule has 3 atom stereocenters. The second-order valence-electron chi connectivity index (χ2n) is 9.98. The van der Waals surface area contributed by atoms with Gasteiger partial charge in [-0.05, 0) is 43.7 Å². The highest BCUT2D eigenvalue weighted by Crippen LogP contribution is 2.34. The van der Waals surface area contributed by atoms with Crippen LogP contribution in [0.2, 0.25) is 0 Å². The minimum atomic E-state index is -3.85. The molecule has 1 heterocycles. The Morgan fingerprint density at radius 1 is 1.17 bits per heavy atom. The van der Waals surface area contributed by atoms with Crippen molar-refractivity contribution < 1.29 is 18.3 Å². The first-order valence-electron chi connectivity index (χ1n) is 12.3. The molecule has 1 aliphatic rings. The predicted octanol–water partition coefficient (Wildman–Crippen LogP) is 3.98. The number of rotatable bonds is 7. The average Bonchev–Trinajstić information content (AvgIpc) is 2.81. The van der Waals surface area contributed by atoms with Gasteiger partial charge >= 0.3 is 0 Å². The van der Waals surface area contributed by atoms with Crippen molar-refractivity contribution in [2.24, 2.45) is 11.8 Å². The molecule has 2 aromatic carbocycles. The first kappa shape index (κ1) is 27.2. The third kappa shape index (κ3) is 7.08. The van der Waals surface area contributed by atoms with Gasteiger partial charge in [0.25, 0.3) is 0 Å². The van der Waals surface area contributed by atoms with Crippen LogP contribution < -0.4 is 4.74 Å². The zero-order chi connectivity index (χ0) is 25.6. The van der Waals surface area contributed by atoms with E-state index < -0.39 is 16.1 Å². The fourth-order valence-corrected chi connectivity index (χ4v) is 5.97. The van der Waals surface area contributed by atoms with Gasteiger partial charge in [0.05, 0.1) is 6.61 Å². The molecule has 0 bridgehead atoms. The molecule has 0 amide bonds. The molecule has 0 aliphatic carbocycles. The fourth-order valence-electron chi connectivity index (χ4n) is 4.15. The van der Waals surface area contributed by atoms with Crippen molar-refractivity contribution >= 4 is 10.0 Å². The Bertz CT molecular complexity index is 1140. The standard InChI is InChI=1S/C28H38N2O4S/c1-21(2)10-9-13-24-14-15-28-26(16-24)34-27(19-29(5)18-25-11-7-6-8-12-25)22(3)17-30(23(4)20-31)35(28,32)33/h6-8,11-12,14-16,21-23,27,31H,10,17-20H2,1-5H3/t22-,23+,27-/m0/s1.